The summed E-state index contributed by atoms with van der Waals surface area (Å²) in [7, 11) is 0. The predicted octanol–water partition coefficient (Wildman–Crippen LogP) is 3.68. The number of rotatable bonds is 3. The van der Waals surface area contributed by atoms with Crippen molar-refractivity contribution in [3.63, 3.8) is 0 Å². The van der Waals surface area contributed by atoms with Crippen LogP contribution in [0.5, 0.6) is 0 Å². The van der Waals surface area contributed by atoms with Crippen molar-refractivity contribution in [1.82, 2.24) is 4.98 Å². The Balaban J connectivity index is 2.08. The van der Waals surface area contributed by atoms with Crippen molar-refractivity contribution in [3.8, 4) is 0 Å². The largest absolute Gasteiger partial charge is 0.364 e. The number of halogens is 2. The van der Waals surface area contributed by atoms with Gasteiger partial charge in [0.05, 0.1) is 0 Å². The Labute approximate surface area is 108 Å². The maximum absolute atomic E-state index is 13.6. The fourth-order valence-electron chi connectivity index (χ4n) is 2.07. The molecular formula is C11H14BrFN2S. The maximum atomic E-state index is 13.6. The average molecular weight is 305 g/mol. The zero-order valence-corrected chi connectivity index (χ0v) is 11.4. The lowest BCUT2D eigenvalue weighted by molar-refractivity contribution is 0.617. The molecule has 1 fully saturated rings. The lowest BCUT2D eigenvalue weighted by atomic mass is 10.2. The number of nitrogens with one attached hydrogen (secondary N) is 1. The Morgan fingerprint density at radius 1 is 1.56 bits per heavy atom. The SMILES string of the molecule is CSC1CCCC1Nc1ncc(Br)cc1F. The normalized spacial score (nSPS) is 24.7. The number of anilines is 1. The average Bonchev–Trinajstić information content (AvgIpc) is 2.69. The number of pyridine rings is 1. The smallest absolute Gasteiger partial charge is 0.166 e. The van der Waals surface area contributed by atoms with Crippen LogP contribution in [0.25, 0.3) is 0 Å². The summed E-state index contributed by atoms with van der Waals surface area (Å²) in [5.74, 6) is 0.0790. The number of hydrogen-bond acceptors (Lipinski definition) is 3. The highest BCUT2D eigenvalue weighted by Gasteiger charge is 2.27. The molecule has 0 bridgehead atoms. The summed E-state index contributed by atoms with van der Waals surface area (Å²) in [5.41, 5.74) is 0. The van der Waals surface area contributed by atoms with E-state index in [0.29, 0.717) is 21.6 Å². The molecule has 2 rings (SSSR count). The van der Waals surface area contributed by atoms with Gasteiger partial charge in [-0.15, -0.1) is 0 Å². The van der Waals surface area contributed by atoms with Crippen LogP contribution in [0.2, 0.25) is 0 Å². The van der Waals surface area contributed by atoms with Gasteiger partial charge >= 0.3 is 0 Å². The monoisotopic (exact) mass is 304 g/mol. The lowest BCUT2D eigenvalue weighted by Crippen LogP contribution is -2.26. The Bertz CT molecular complexity index is 375. The van der Waals surface area contributed by atoms with Gasteiger partial charge in [-0.3, -0.25) is 0 Å². The summed E-state index contributed by atoms with van der Waals surface area (Å²) in [6.45, 7) is 0. The van der Waals surface area contributed by atoms with E-state index in [0.717, 1.165) is 6.42 Å². The van der Waals surface area contributed by atoms with Gasteiger partial charge in [-0.2, -0.15) is 11.8 Å². The molecule has 0 aromatic carbocycles. The van der Waals surface area contributed by atoms with E-state index in [-0.39, 0.29) is 5.82 Å². The topological polar surface area (TPSA) is 24.9 Å². The first-order chi connectivity index (χ1) is 7.70. The molecule has 1 aliphatic carbocycles. The first kappa shape index (κ1) is 12.2. The number of thioether (sulfide) groups is 1. The van der Waals surface area contributed by atoms with E-state index < -0.39 is 0 Å². The minimum Gasteiger partial charge on any atom is -0.364 e. The molecular weight excluding hydrogens is 291 g/mol. The Morgan fingerprint density at radius 3 is 3.06 bits per heavy atom. The third-order valence-corrected chi connectivity index (χ3v) is 4.49. The summed E-state index contributed by atoms with van der Waals surface area (Å²) in [4.78, 5) is 4.07. The van der Waals surface area contributed by atoms with E-state index >= 15 is 0 Å². The predicted molar refractivity (Wildman–Crippen MR) is 70.5 cm³/mol. The van der Waals surface area contributed by atoms with Gasteiger partial charge in [-0.25, -0.2) is 9.37 Å². The number of aromatic nitrogens is 1. The molecule has 16 heavy (non-hydrogen) atoms. The van der Waals surface area contributed by atoms with Crippen LogP contribution < -0.4 is 5.32 Å². The Hall–Kier alpha value is -0.290. The van der Waals surface area contributed by atoms with Gasteiger partial charge in [-0.1, -0.05) is 6.42 Å². The molecule has 1 saturated carbocycles. The first-order valence-corrected chi connectivity index (χ1v) is 7.39. The summed E-state index contributed by atoms with van der Waals surface area (Å²) in [5, 5.41) is 3.78. The zero-order valence-electron chi connectivity index (χ0n) is 9.04. The van der Waals surface area contributed by atoms with Crippen molar-refractivity contribution in [2.24, 2.45) is 0 Å². The molecule has 2 unspecified atom stereocenters. The van der Waals surface area contributed by atoms with Crippen LogP contribution in [0.4, 0.5) is 10.2 Å². The van der Waals surface area contributed by atoms with E-state index in [2.05, 4.69) is 32.5 Å². The lowest BCUT2D eigenvalue weighted by Gasteiger charge is -2.19. The second kappa shape index (κ2) is 5.36. The van der Waals surface area contributed by atoms with Crippen LogP contribution in [0.1, 0.15) is 19.3 Å². The molecule has 2 atom stereocenters. The van der Waals surface area contributed by atoms with E-state index in [1.165, 1.54) is 18.9 Å². The van der Waals surface area contributed by atoms with Gasteiger partial charge in [0.2, 0.25) is 0 Å². The molecule has 0 amide bonds. The van der Waals surface area contributed by atoms with Gasteiger partial charge < -0.3 is 5.32 Å². The van der Waals surface area contributed by atoms with Gasteiger partial charge in [0.1, 0.15) is 0 Å². The molecule has 1 aliphatic rings. The van der Waals surface area contributed by atoms with Crippen LogP contribution in [-0.2, 0) is 0 Å². The molecule has 0 radical (unpaired) electrons. The summed E-state index contributed by atoms with van der Waals surface area (Å²) >= 11 is 5.05. The quantitative estimate of drug-likeness (QED) is 0.922. The number of hydrogen-bond donors (Lipinski definition) is 1. The minimum absolute atomic E-state index is 0.291. The molecule has 1 heterocycles. The van der Waals surface area contributed by atoms with E-state index in [1.807, 2.05) is 11.8 Å². The minimum atomic E-state index is -0.291. The fourth-order valence-corrected chi connectivity index (χ4v) is 3.31. The Morgan fingerprint density at radius 2 is 2.38 bits per heavy atom. The highest BCUT2D eigenvalue weighted by atomic mass is 79.9. The van der Waals surface area contributed by atoms with Gasteiger partial charge in [0.15, 0.2) is 11.6 Å². The van der Waals surface area contributed by atoms with Crippen LogP contribution in [-0.4, -0.2) is 22.5 Å². The zero-order chi connectivity index (χ0) is 11.5. The third kappa shape index (κ3) is 2.69. The molecule has 1 N–H and O–H groups in total. The first-order valence-electron chi connectivity index (χ1n) is 5.31. The van der Waals surface area contributed by atoms with Crippen molar-refractivity contribution in [1.29, 1.82) is 0 Å². The molecule has 1 aromatic heterocycles. The summed E-state index contributed by atoms with van der Waals surface area (Å²) in [6.07, 6.45) is 7.24. The van der Waals surface area contributed by atoms with Crippen molar-refractivity contribution in [2.45, 2.75) is 30.6 Å². The molecule has 0 spiro atoms. The summed E-state index contributed by atoms with van der Waals surface area (Å²) in [6, 6.07) is 1.79. The fraction of sp³-hybridized carbons (Fsp3) is 0.545. The molecule has 88 valence electrons. The van der Waals surface area contributed by atoms with Crippen LogP contribution in [0, 0.1) is 5.82 Å². The third-order valence-electron chi connectivity index (χ3n) is 2.89. The van der Waals surface area contributed by atoms with E-state index in [1.54, 1.807) is 6.20 Å². The maximum Gasteiger partial charge on any atom is 0.166 e. The molecule has 0 saturated heterocycles. The van der Waals surface area contributed by atoms with Crippen molar-refractivity contribution >= 4 is 33.5 Å². The highest BCUT2D eigenvalue weighted by Crippen LogP contribution is 2.31. The second-order valence-corrected chi connectivity index (χ2v) is 5.93. The van der Waals surface area contributed by atoms with Crippen molar-refractivity contribution in [3.05, 3.63) is 22.6 Å². The molecule has 5 heteroatoms. The van der Waals surface area contributed by atoms with Crippen LogP contribution in [0.15, 0.2) is 16.7 Å². The molecule has 1 aromatic rings. The van der Waals surface area contributed by atoms with E-state index in [9.17, 15) is 4.39 Å². The van der Waals surface area contributed by atoms with Crippen LogP contribution in [0.3, 0.4) is 0 Å². The van der Waals surface area contributed by atoms with E-state index in [4.69, 9.17) is 0 Å². The summed E-state index contributed by atoms with van der Waals surface area (Å²) < 4.78 is 14.2. The van der Waals surface area contributed by atoms with Gasteiger partial charge in [-0.05, 0) is 41.1 Å². The van der Waals surface area contributed by atoms with Gasteiger partial charge in [0.25, 0.3) is 0 Å². The van der Waals surface area contributed by atoms with Crippen molar-refractivity contribution in [2.75, 3.05) is 11.6 Å². The van der Waals surface area contributed by atoms with Crippen LogP contribution >= 0.6 is 27.7 Å². The standard InChI is InChI=1S/C11H14BrFN2S/c1-16-10-4-2-3-9(10)15-11-8(13)5-7(12)6-14-11/h5-6,9-10H,2-4H2,1H3,(H,14,15). The van der Waals surface area contributed by atoms with Gasteiger partial charge in [0, 0.05) is 22.0 Å². The molecule has 0 aliphatic heterocycles. The Kier molecular flexibility index (Phi) is 4.08. The highest BCUT2D eigenvalue weighted by molar-refractivity contribution is 9.10. The van der Waals surface area contributed by atoms with Crippen molar-refractivity contribution < 1.29 is 4.39 Å². The molecule has 2 nitrogen and oxygen atoms in total. The second-order valence-electron chi connectivity index (χ2n) is 3.94. The number of nitrogens with zero attached hydrogens (tertiary/aromatic N) is 1.